The van der Waals surface area contributed by atoms with Crippen LogP contribution in [0.4, 0.5) is 4.39 Å². The van der Waals surface area contributed by atoms with Crippen LogP contribution in [0, 0.1) is 41.3 Å². The maximum Gasteiger partial charge on any atom is 0.335 e. The molecule has 7 heteroatoms. The SMILES string of the molecule is C=CC(=O)Oc1ccc(C#Cc2ccc(C#Cc3ccc(C#Cc4ccc(OC(=O)C=C)cc4)c(F)c3OC(=O)C=C)cc2)cc1. The highest BCUT2D eigenvalue weighted by atomic mass is 19.1. The van der Waals surface area contributed by atoms with Crippen molar-refractivity contribution in [2.75, 3.05) is 0 Å². The Morgan fingerprint density at radius 3 is 1.22 bits per heavy atom. The van der Waals surface area contributed by atoms with Crippen molar-refractivity contribution >= 4 is 17.9 Å². The number of esters is 3. The molecule has 0 aliphatic carbocycles. The molecule has 0 amide bonds. The van der Waals surface area contributed by atoms with E-state index in [0.29, 0.717) is 22.6 Å². The van der Waals surface area contributed by atoms with Crippen LogP contribution in [0.1, 0.15) is 33.4 Å². The number of ether oxygens (including phenoxy) is 3. The number of carbonyl (C=O) groups is 3. The Bertz CT molecular complexity index is 2020. The van der Waals surface area contributed by atoms with Crippen LogP contribution in [0.25, 0.3) is 0 Å². The predicted octanol–water partition coefficient (Wildman–Crippen LogP) is 6.30. The highest BCUT2D eigenvalue weighted by Gasteiger charge is 2.16. The molecule has 0 saturated heterocycles. The summed E-state index contributed by atoms with van der Waals surface area (Å²) < 4.78 is 30.8. The van der Waals surface area contributed by atoms with E-state index in [1.54, 1.807) is 72.8 Å². The summed E-state index contributed by atoms with van der Waals surface area (Å²) in [5.74, 6) is 14.9. The van der Waals surface area contributed by atoms with E-state index in [2.05, 4.69) is 55.3 Å². The van der Waals surface area contributed by atoms with Crippen LogP contribution >= 0.6 is 0 Å². The van der Waals surface area contributed by atoms with Gasteiger partial charge in [-0.15, -0.1) is 0 Å². The summed E-state index contributed by atoms with van der Waals surface area (Å²) in [4.78, 5) is 34.6. The van der Waals surface area contributed by atoms with Gasteiger partial charge < -0.3 is 14.2 Å². The third-order valence-electron chi connectivity index (χ3n) is 5.86. The number of benzene rings is 4. The van der Waals surface area contributed by atoms with Gasteiger partial charge in [-0.25, -0.2) is 18.8 Å². The predicted molar refractivity (Wildman–Crippen MR) is 171 cm³/mol. The third kappa shape index (κ3) is 9.06. The van der Waals surface area contributed by atoms with Gasteiger partial charge in [0.1, 0.15) is 11.5 Å². The lowest BCUT2D eigenvalue weighted by Crippen LogP contribution is -2.07. The van der Waals surface area contributed by atoms with E-state index in [1.165, 1.54) is 12.1 Å². The van der Waals surface area contributed by atoms with Crippen LogP contribution in [0.3, 0.4) is 0 Å². The molecule has 0 saturated carbocycles. The summed E-state index contributed by atoms with van der Waals surface area (Å²) in [5, 5.41) is 0. The van der Waals surface area contributed by atoms with E-state index < -0.39 is 23.7 Å². The van der Waals surface area contributed by atoms with Crippen molar-refractivity contribution in [2.45, 2.75) is 0 Å². The van der Waals surface area contributed by atoms with Crippen LogP contribution in [-0.4, -0.2) is 17.9 Å². The van der Waals surface area contributed by atoms with Crippen molar-refractivity contribution in [3.05, 3.63) is 162 Å². The van der Waals surface area contributed by atoms with Gasteiger partial charge in [-0.3, -0.25) is 0 Å². The first kappa shape index (κ1) is 32.0. The molecule has 46 heavy (non-hydrogen) atoms. The molecule has 4 aromatic rings. The molecule has 222 valence electrons. The standard InChI is InChI=1S/C39H23FO6/c1-4-35(41)44-33-23-15-29(16-24-33)12-9-27-7-10-28(11-8-27)14-20-32-22-21-31(38(40)39(32)46-37(43)6-3)19-13-30-17-25-34(26-18-30)45-36(42)5-2/h4-8,10-11,15-18,21-26H,1-3H2. The molecule has 0 N–H and O–H groups in total. The molecule has 0 fully saturated rings. The lowest BCUT2D eigenvalue weighted by atomic mass is 10.1. The minimum absolute atomic E-state index is 0.0186. The molecule has 0 atom stereocenters. The second-order valence-electron chi connectivity index (χ2n) is 9.06. The van der Waals surface area contributed by atoms with Crippen LogP contribution in [0.5, 0.6) is 17.2 Å². The minimum Gasteiger partial charge on any atom is -0.423 e. The molecule has 0 unspecified atom stereocenters. The van der Waals surface area contributed by atoms with E-state index in [-0.39, 0.29) is 16.9 Å². The maximum atomic E-state index is 15.5. The average Bonchev–Trinajstić information content (AvgIpc) is 3.08. The lowest BCUT2D eigenvalue weighted by molar-refractivity contribution is -0.130. The molecule has 0 radical (unpaired) electrons. The first-order valence-corrected chi connectivity index (χ1v) is 13.5. The molecule has 0 aromatic heterocycles. The fourth-order valence-electron chi connectivity index (χ4n) is 3.58. The first-order chi connectivity index (χ1) is 22.3. The minimum atomic E-state index is -0.858. The second-order valence-corrected chi connectivity index (χ2v) is 9.06. The summed E-state index contributed by atoms with van der Waals surface area (Å²) in [6.07, 6.45) is 3.05. The van der Waals surface area contributed by atoms with Gasteiger partial charge >= 0.3 is 17.9 Å². The zero-order chi connectivity index (χ0) is 32.9. The lowest BCUT2D eigenvalue weighted by Gasteiger charge is -2.07. The molecule has 4 rings (SSSR count). The van der Waals surface area contributed by atoms with Gasteiger partial charge in [-0.05, 0) is 84.9 Å². The smallest absolute Gasteiger partial charge is 0.335 e. The summed E-state index contributed by atoms with van der Waals surface area (Å²) in [6.45, 7) is 10.1. The third-order valence-corrected chi connectivity index (χ3v) is 5.86. The molecular formula is C39H23FO6. The zero-order valence-electron chi connectivity index (χ0n) is 24.3. The molecule has 6 nitrogen and oxygen atoms in total. The summed E-state index contributed by atoms with van der Waals surface area (Å²) in [7, 11) is 0. The molecule has 0 bridgehead atoms. The van der Waals surface area contributed by atoms with Crippen molar-refractivity contribution in [1.29, 1.82) is 0 Å². The summed E-state index contributed by atoms with van der Waals surface area (Å²) in [5.41, 5.74) is 2.72. The van der Waals surface area contributed by atoms with Crippen LogP contribution < -0.4 is 14.2 Å². The summed E-state index contributed by atoms with van der Waals surface area (Å²) >= 11 is 0. The van der Waals surface area contributed by atoms with Crippen molar-refractivity contribution in [3.63, 3.8) is 0 Å². The van der Waals surface area contributed by atoms with Gasteiger partial charge in [0, 0.05) is 40.5 Å². The molecule has 0 heterocycles. The fraction of sp³-hybridized carbons (Fsp3) is 0. The van der Waals surface area contributed by atoms with Gasteiger partial charge in [-0.1, -0.05) is 55.3 Å². The van der Waals surface area contributed by atoms with E-state index in [1.807, 2.05) is 0 Å². The number of hydrogen-bond donors (Lipinski definition) is 0. The Morgan fingerprint density at radius 2 is 0.804 bits per heavy atom. The quantitative estimate of drug-likeness (QED) is 0.111. The van der Waals surface area contributed by atoms with Crippen LogP contribution in [0.2, 0.25) is 0 Å². The topological polar surface area (TPSA) is 78.9 Å². The van der Waals surface area contributed by atoms with E-state index in [9.17, 15) is 14.4 Å². The highest BCUT2D eigenvalue weighted by Crippen LogP contribution is 2.26. The van der Waals surface area contributed by atoms with E-state index in [4.69, 9.17) is 14.2 Å². The monoisotopic (exact) mass is 606 g/mol. The second kappa shape index (κ2) is 15.5. The van der Waals surface area contributed by atoms with Crippen LogP contribution in [-0.2, 0) is 14.4 Å². The Hall–Kier alpha value is -6.88. The molecular weight excluding hydrogens is 583 g/mol. The Labute approximate surface area is 265 Å². The molecule has 4 aromatic carbocycles. The Kier molecular flexibility index (Phi) is 10.8. The van der Waals surface area contributed by atoms with Crippen LogP contribution in [0.15, 0.2) is 123 Å². The number of hydrogen-bond acceptors (Lipinski definition) is 6. The number of carbonyl (C=O) groups excluding carboxylic acids is 3. The molecule has 0 aliphatic heterocycles. The van der Waals surface area contributed by atoms with Crippen molar-refractivity contribution < 1.29 is 33.0 Å². The van der Waals surface area contributed by atoms with E-state index >= 15 is 4.39 Å². The van der Waals surface area contributed by atoms with Crippen molar-refractivity contribution in [2.24, 2.45) is 0 Å². The summed E-state index contributed by atoms with van der Waals surface area (Å²) in [6, 6.07) is 23.0. The number of halogens is 1. The van der Waals surface area contributed by atoms with Gasteiger partial charge in [0.15, 0.2) is 11.6 Å². The maximum absolute atomic E-state index is 15.5. The fourth-order valence-corrected chi connectivity index (χ4v) is 3.58. The molecule has 0 aliphatic rings. The van der Waals surface area contributed by atoms with E-state index in [0.717, 1.165) is 29.4 Å². The van der Waals surface area contributed by atoms with Gasteiger partial charge in [0.05, 0.1) is 11.1 Å². The molecule has 0 spiro atoms. The normalized spacial score (nSPS) is 9.41. The zero-order valence-corrected chi connectivity index (χ0v) is 24.3. The number of rotatable bonds is 6. The van der Waals surface area contributed by atoms with Crippen molar-refractivity contribution in [1.82, 2.24) is 0 Å². The Morgan fingerprint density at radius 1 is 0.478 bits per heavy atom. The highest BCUT2D eigenvalue weighted by molar-refractivity contribution is 5.84. The Balaban J connectivity index is 1.52. The first-order valence-electron chi connectivity index (χ1n) is 13.5. The van der Waals surface area contributed by atoms with Gasteiger partial charge in [-0.2, -0.15) is 0 Å². The van der Waals surface area contributed by atoms with Crippen molar-refractivity contribution in [3.8, 4) is 52.8 Å². The largest absolute Gasteiger partial charge is 0.423 e. The van der Waals surface area contributed by atoms with Gasteiger partial charge in [0.2, 0.25) is 0 Å². The van der Waals surface area contributed by atoms with Gasteiger partial charge in [0.25, 0.3) is 0 Å². The average molecular weight is 607 g/mol.